The van der Waals surface area contributed by atoms with Gasteiger partial charge < -0.3 is 14.5 Å². The van der Waals surface area contributed by atoms with E-state index in [0.29, 0.717) is 30.1 Å². The average Bonchev–Trinajstić information content (AvgIpc) is 3.12. The smallest absolute Gasteiger partial charge is 0.230 e. The molecule has 0 radical (unpaired) electrons. The molecule has 0 amide bonds. The van der Waals surface area contributed by atoms with Crippen LogP contribution in [-0.4, -0.2) is 12.4 Å². The molecule has 29 heavy (non-hydrogen) atoms. The second kappa shape index (κ2) is 8.23. The van der Waals surface area contributed by atoms with Gasteiger partial charge in [0, 0.05) is 17.5 Å². The summed E-state index contributed by atoms with van der Waals surface area (Å²) in [5.74, 6) is 0.909. The van der Waals surface area contributed by atoms with Crippen LogP contribution in [0.15, 0.2) is 77.2 Å². The summed E-state index contributed by atoms with van der Waals surface area (Å²) in [5.41, 5.74) is 4.35. The molecule has 4 heteroatoms. The number of rotatable bonds is 7. The molecule has 3 aromatic carbocycles. The van der Waals surface area contributed by atoms with Gasteiger partial charge >= 0.3 is 0 Å². The zero-order valence-corrected chi connectivity index (χ0v) is 16.6. The number of carbonyl (C=O) groups excluding carboxylic acids is 1. The number of anilines is 1. The van der Waals surface area contributed by atoms with Crippen molar-refractivity contribution >= 4 is 22.4 Å². The van der Waals surface area contributed by atoms with Gasteiger partial charge in [-0.1, -0.05) is 36.4 Å². The van der Waals surface area contributed by atoms with Gasteiger partial charge in [0.15, 0.2) is 5.76 Å². The molecule has 0 aliphatic carbocycles. The number of fused-ring (bicyclic) bond motifs is 1. The first-order valence-electron chi connectivity index (χ1n) is 9.75. The maximum Gasteiger partial charge on any atom is 0.230 e. The SMILES string of the molecule is CCOc1ccc(C(=O)c2oc3ccccc3c2NCc2ccccc2C)cc1. The van der Waals surface area contributed by atoms with Gasteiger partial charge in [-0.3, -0.25) is 4.79 Å². The van der Waals surface area contributed by atoms with E-state index in [2.05, 4.69) is 24.4 Å². The first-order valence-corrected chi connectivity index (χ1v) is 9.75. The van der Waals surface area contributed by atoms with Crippen LogP contribution in [0, 0.1) is 6.92 Å². The number of carbonyl (C=O) groups is 1. The van der Waals surface area contributed by atoms with Crippen molar-refractivity contribution in [2.45, 2.75) is 20.4 Å². The van der Waals surface area contributed by atoms with Gasteiger partial charge in [0.2, 0.25) is 5.78 Å². The zero-order valence-electron chi connectivity index (χ0n) is 16.6. The van der Waals surface area contributed by atoms with Crippen molar-refractivity contribution in [1.82, 2.24) is 0 Å². The lowest BCUT2D eigenvalue weighted by atomic mass is 10.1. The van der Waals surface area contributed by atoms with Crippen molar-refractivity contribution in [3.8, 4) is 5.75 Å². The molecule has 4 nitrogen and oxygen atoms in total. The molecule has 0 saturated carbocycles. The standard InChI is InChI=1S/C25H23NO3/c1-3-28-20-14-12-18(13-15-20)24(27)25-23(21-10-6-7-11-22(21)29-25)26-16-19-9-5-4-8-17(19)2/h4-15,26H,3,16H2,1-2H3. The summed E-state index contributed by atoms with van der Waals surface area (Å²) < 4.78 is 11.4. The van der Waals surface area contributed by atoms with Crippen molar-refractivity contribution in [2.24, 2.45) is 0 Å². The molecule has 1 heterocycles. The highest BCUT2D eigenvalue weighted by Gasteiger charge is 2.22. The van der Waals surface area contributed by atoms with E-state index < -0.39 is 0 Å². The highest BCUT2D eigenvalue weighted by molar-refractivity contribution is 6.14. The molecule has 0 aliphatic heterocycles. The van der Waals surface area contributed by atoms with Crippen LogP contribution in [0.2, 0.25) is 0 Å². The fraction of sp³-hybridized carbons (Fsp3) is 0.160. The predicted octanol–water partition coefficient (Wildman–Crippen LogP) is 5.98. The van der Waals surface area contributed by atoms with Gasteiger partial charge in [-0.2, -0.15) is 0 Å². The van der Waals surface area contributed by atoms with E-state index in [1.54, 1.807) is 24.3 Å². The van der Waals surface area contributed by atoms with E-state index in [4.69, 9.17) is 9.15 Å². The molecule has 0 unspecified atom stereocenters. The average molecular weight is 385 g/mol. The van der Waals surface area contributed by atoms with Gasteiger partial charge in [-0.15, -0.1) is 0 Å². The molecule has 1 aromatic heterocycles. The van der Waals surface area contributed by atoms with Crippen molar-refractivity contribution in [3.05, 3.63) is 95.2 Å². The number of hydrogen-bond donors (Lipinski definition) is 1. The van der Waals surface area contributed by atoms with E-state index in [0.717, 1.165) is 16.8 Å². The van der Waals surface area contributed by atoms with Crippen LogP contribution in [0.25, 0.3) is 11.0 Å². The third kappa shape index (κ3) is 3.87. The number of aryl methyl sites for hydroxylation is 1. The number of para-hydroxylation sites is 1. The lowest BCUT2D eigenvalue weighted by Gasteiger charge is -2.10. The Morgan fingerprint density at radius 1 is 0.966 bits per heavy atom. The van der Waals surface area contributed by atoms with Crippen LogP contribution < -0.4 is 10.1 Å². The zero-order chi connectivity index (χ0) is 20.2. The Bertz CT molecular complexity index is 1140. The molecule has 0 atom stereocenters. The number of hydrogen-bond acceptors (Lipinski definition) is 4. The third-order valence-corrected chi connectivity index (χ3v) is 4.95. The minimum atomic E-state index is -0.156. The fourth-order valence-corrected chi connectivity index (χ4v) is 3.37. The van der Waals surface area contributed by atoms with E-state index in [1.165, 1.54) is 11.1 Å². The molecule has 4 aromatic rings. The van der Waals surface area contributed by atoms with Crippen LogP contribution in [0.1, 0.15) is 34.2 Å². The summed E-state index contributed by atoms with van der Waals surface area (Å²) in [5, 5.41) is 4.33. The van der Waals surface area contributed by atoms with Crippen molar-refractivity contribution < 1.29 is 13.9 Å². The first-order chi connectivity index (χ1) is 14.2. The Hall–Kier alpha value is -3.53. The van der Waals surface area contributed by atoms with Crippen molar-refractivity contribution in [2.75, 3.05) is 11.9 Å². The summed E-state index contributed by atoms with van der Waals surface area (Å²) in [7, 11) is 0. The van der Waals surface area contributed by atoms with Crippen LogP contribution in [-0.2, 0) is 6.54 Å². The largest absolute Gasteiger partial charge is 0.494 e. The summed E-state index contributed by atoms with van der Waals surface area (Å²) in [6.45, 7) is 5.21. The van der Waals surface area contributed by atoms with Crippen molar-refractivity contribution in [3.63, 3.8) is 0 Å². The van der Waals surface area contributed by atoms with Crippen LogP contribution in [0.4, 0.5) is 5.69 Å². The van der Waals surface area contributed by atoms with Crippen LogP contribution in [0.3, 0.4) is 0 Å². The number of benzene rings is 3. The predicted molar refractivity (Wildman–Crippen MR) is 116 cm³/mol. The maximum atomic E-state index is 13.2. The molecular formula is C25H23NO3. The Labute approximate surface area is 170 Å². The maximum absolute atomic E-state index is 13.2. The van der Waals surface area contributed by atoms with E-state index in [9.17, 15) is 4.79 Å². The highest BCUT2D eigenvalue weighted by Crippen LogP contribution is 2.33. The molecule has 4 rings (SSSR count). The summed E-state index contributed by atoms with van der Waals surface area (Å²) in [6.07, 6.45) is 0. The third-order valence-electron chi connectivity index (χ3n) is 4.95. The van der Waals surface area contributed by atoms with Crippen molar-refractivity contribution in [1.29, 1.82) is 0 Å². The highest BCUT2D eigenvalue weighted by atomic mass is 16.5. The molecule has 1 N–H and O–H groups in total. The quantitative estimate of drug-likeness (QED) is 0.397. The first kappa shape index (κ1) is 18.8. The topological polar surface area (TPSA) is 51.5 Å². The van der Waals surface area contributed by atoms with Crippen LogP contribution in [0.5, 0.6) is 5.75 Å². The Morgan fingerprint density at radius 3 is 2.45 bits per heavy atom. The summed E-state index contributed by atoms with van der Waals surface area (Å²) >= 11 is 0. The lowest BCUT2D eigenvalue weighted by Crippen LogP contribution is -2.07. The Morgan fingerprint density at radius 2 is 1.69 bits per heavy atom. The molecule has 0 spiro atoms. The molecule has 0 bridgehead atoms. The lowest BCUT2D eigenvalue weighted by molar-refractivity contribution is 0.101. The van der Waals surface area contributed by atoms with E-state index in [1.807, 2.05) is 43.3 Å². The molecule has 0 fully saturated rings. The Balaban J connectivity index is 1.69. The van der Waals surface area contributed by atoms with Gasteiger partial charge in [0.05, 0.1) is 12.3 Å². The molecular weight excluding hydrogens is 362 g/mol. The monoisotopic (exact) mass is 385 g/mol. The second-order valence-electron chi connectivity index (χ2n) is 6.87. The second-order valence-corrected chi connectivity index (χ2v) is 6.87. The Kier molecular flexibility index (Phi) is 5.34. The van der Waals surface area contributed by atoms with E-state index >= 15 is 0 Å². The number of ether oxygens (including phenoxy) is 1. The normalized spacial score (nSPS) is 10.8. The van der Waals surface area contributed by atoms with Gasteiger partial charge in [-0.25, -0.2) is 0 Å². The number of nitrogens with one attached hydrogen (secondary N) is 1. The van der Waals surface area contributed by atoms with Gasteiger partial charge in [-0.05, 0) is 61.4 Å². The summed E-state index contributed by atoms with van der Waals surface area (Å²) in [6, 6.07) is 23.0. The fourth-order valence-electron chi connectivity index (χ4n) is 3.37. The van der Waals surface area contributed by atoms with Gasteiger partial charge in [0.1, 0.15) is 11.3 Å². The molecule has 0 saturated heterocycles. The van der Waals surface area contributed by atoms with E-state index in [-0.39, 0.29) is 5.78 Å². The number of furan rings is 1. The minimum absolute atomic E-state index is 0.156. The molecule has 146 valence electrons. The molecule has 0 aliphatic rings. The minimum Gasteiger partial charge on any atom is -0.494 e. The van der Waals surface area contributed by atoms with Crippen LogP contribution >= 0.6 is 0 Å². The summed E-state index contributed by atoms with van der Waals surface area (Å²) in [4.78, 5) is 13.2. The number of ketones is 1. The van der Waals surface area contributed by atoms with Gasteiger partial charge in [0.25, 0.3) is 0 Å².